The van der Waals surface area contributed by atoms with Crippen LogP contribution in [0.1, 0.15) is 12.8 Å². The molecule has 7 nitrogen and oxygen atoms in total. The zero-order chi connectivity index (χ0) is 18.5. The Labute approximate surface area is 162 Å². The monoisotopic (exact) mass is 388 g/mol. The van der Waals surface area contributed by atoms with Crippen LogP contribution in [0.3, 0.4) is 0 Å². The minimum absolute atomic E-state index is 0.0678. The molecule has 2 aliphatic heterocycles. The summed E-state index contributed by atoms with van der Waals surface area (Å²) in [7, 11) is 0. The van der Waals surface area contributed by atoms with Crippen LogP contribution < -0.4 is 15.0 Å². The maximum Gasteiger partial charge on any atom is 0.321 e. The van der Waals surface area contributed by atoms with Crippen LogP contribution in [0.2, 0.25) is 0 Å². The summed E-state index contributed by atoms with van der Waals surface area (Å²) in [5.41, 5.74) is 0.770. The van der Waals surface area contributed by atoms with E-state index in [1.165, 1.54) is 0 Å². The average Bonchev–Trinajstić information content (AvgIpc) is 3.42. The molecule has 2 amide bonds. The molecule has 27 heavy (non-hydrogen) atoms. The van der Waals surface area contributed by atoms with E-state index in [4.69, 9.17) is 9.47 Å². The second-order valence-electron chi connectivity index (χ2n) is 6.69. The van der Waals surface area contributed by atoms with Crippen LogP contribution in [0.25, 0.3) is 0 Å². The van der Waals surface area contributed by atoms with Crippen molar-refractivity contribution in [2.45, 2.75) is 18.9 Å². The smallest absolute Gasteiger partial charge is 0.321 e. The number of nitrogens with one attached hydrogen (secondary N) is 1. The first-order chi connectivity index (χ1) is 13.3. The van der Waals surface area contributed by atoms with E-state index in [0.717, 1.165) is 49.1 Å². The lowest BCUT2D eigenvalue weighted by atomic mass is 10.2. The fourth-order valence-electron chi connectivity index (χ4n) is 3.27. The summed E-state index contributed by atoms with van der Waals surface area (Å²) in [5.74, 6) is 0.792. The summed E-state index contributed by atoms with van der Waals surface area (Å²) in [4.78, 5) is 20.9. The number of benzene rings is 1. The molecule has 2 fully saturated rings. The van der Waals surface area contributed by atoms with Crippen molar-refractivity contribution in [2.24, 2.45) is 0 Å². The van der Waals surface area contributed by atoms with Crippen LogP contribution in [0, 0.1) is 0 Å². The molecule has 1 atom stereocenters. The van der Waals surface area contributed by atoms with Crippen molar-refractivity contribution in [3.8, 4) is 5.75 Å². The number of hydrogen-bond acceptors (Lipinski definition) is 6. The van der Waals surface area contributed by atoms with Gasteiger partial charge in [0.1, 0.15) is 12.4 Å². The highest BCUT2D eigenvalue weighted by Crippen LogP contribution is 2.21. The van der Waals surface area contributed by atoms with Crippen LogP contribution >= 0.6 is 11.3 Å². The van der Waals surface area contributed by atoms with Crippen molar-refractivity contribution in [1.29, 1.82) is 0 Å². The highest BCUT2D eigenvalue weighted by atomic mass is 32.1. The first-order valence-electron chi connectivity index (χ1n) is 9.33. The van der Waals surface area contributed by atoms with Gasteiger partial charge in [0.15, 0.2) is 5.13 Å². The molecule has 0 unspecified atom stereocenters. The van der Waals surface area contributed by atoms with Crippen molar-refractivity contribution in [1.82, 2.24) is 9.88 Å². The Morgan fingerprint density at radius 1 is 1.26 bits per heavy atom. The van der Waals surface area contributed by atoms with Gasteiger partial charge in [-0.2, -0.15) is 0 Å². The van der Waals surface area contributed by atoms with Gasteiger partial charge in [0.2, 0.25) is 0 Å². The number of rotatable bonds is 5. The molecule has 8 heteroatoms. The van der Waals surface area contributed by atoms with Gasteiger partial charge >= 0.3 is 6.03 Å². The lowest BCUT2D eigenvalue weighted by Crippen LogP contribution is -2.50. The van der Waals surface area contributed by atoms with Gasteiger partial charge in [-0.25, -0.2) is 9.78 Å². The molecule has 1 aromatic carbocycles. The van der Waals surface area contributed by atoms with Crippen LogP contribution in [0.15, 0.2) is 35.8 Å². The van der Waals surface area contributed by atoms with Crippen LogP contribution in [0.4, 0.5) is 15.6 Å². The Morgan fingerprint density at radius 2 is 2.07 bits per heavy atom. The Kier molecular flexibility index (Phi) is 5.74. The number of piperazine rings is 1. The number of carbonyl (C=O) groups is 1. The SMILES string of the molecule is O=C(Nc1ccc(OC[C@@H]2CCCO2)cc1)N1CCN(c2nccs2)CC1. The van der Waals surface area contributed by atoms with Gasteiger partial charge in [-0.3, -0.25) is 0 Å². The van der Waals surface area contributed by atoms with E-state index in [1.807, 2.05) is 40.7 Å². The number of carbonyl (C=O) groups excluding carboxylic acids is 1. The van der Waals surface area contributed by atoms with E-state index in [0.29, 0.717) is 19.7 Å². The standard InChI is InChI=1S/C19H24N4O3S/c24-18(22-8-10-23(11-9-22)19-20-7-13-27-19)21-15-3-5-16(6-4-15)26-14-17-2-1-12-25-17/h3-7,13,17H,1-2,8-12,14H2,(H,21,24)/t17-/m0/s1. The fraction of sp³-hybridized carbons (Fsp3) is 0.474. The van der Waals surface area contributed by atoms with Gasteiger partial charge in [0.25, 0.3) is 0 Å². The van der Waals surface area contributed by atoms with Crippen LogP contribution in [-0.4, -0.2) is 61.4 Å². The maximum atomic E-state index is 12.5. The molecular formula is C19H24N4O3S. The first kappa shape index (κ1) is 18.1. The van der Waals surface area contributed by atoms with E-state index < -0.39 is 0 Å². The number of hydrogen-bond donors (Lipinski definition) is 1. The second-order valence-corrected chi connectivity index (χ2v) is 7.56. The van der Waals surface area contributed by atoms with Crippen molar-refractivity contribution in [3.63, 3.8) is 0 Å². The third-order valence-electron chi connectivity index (χ3n) is 4.82. The molecule has 0 radical (unpaired) electrons. The molecule has 1 aromatic heterocycles. The van der Waals surface area contributed by atoms with Gasteiger partial charge < -0.3 is 24.6 Å². The third-order valence-corrected chi connectivity index (χ3v) is 5.65. The highest BCUT2D eigenvalue weighted by Gasteiger charge is 2.22. The number of aromatic nitrogens is 1. The number of thiazole rings is 1. The minimum atomic E-state index is -0.0678. The molecule has 0 bridgehead atoms. The van der Waals surface area contributed by atoms with Crippen LogP contribution in [-0.2, 0) is 4.74 Å². The molecule has 2 aromatic rings. The summed E-state index contributed by atoms with van der Waals surface area (Å²) < 4.78 is 11.3. The van der Waals surface area contributed by atoms with E-state index in [-0.39, 0.29) is 12.1 Å². The summed E-state index contributed by atoms with van der Waals surface area (Å²) >= 11 is 1.63. The Balaban J connectivity index is 1.23. The molecule has 144 valence electrons. The largest absolute Gasteiger partial charge is 0.491 e. The molecule has 4 rings (SSSR count). The van der Waals surface area contributed by atoms with Gasteiger partial charge in [-0.05, 0) is 37.1 Å². The molecule has 0 aliphatic carbocycles. The maximum absolute atomic E-state index is 12.5. The quantitative estimate of drug-likeness (QED) is 0.853. The number of anilines is 2. The van der Waals surface area contributed by atoms with Gasteiger partial charge in [-0.1, -0.05) is 0 Å². The van der Waals surface area contributed by atoms with Gasteiger partial charge in [0.05, 0.1) is 6.10 Å². The lowest BCUT2D eigenvalue weighted by Gasteiger charge is -2.34. The van der Waals surface area contributed by atoms with Crippen molar-refractivity contribution >= 4 is 28.2 Å². The summed E-state index contributed by atoms with van der Waals surface area (Å²) in [6, 6.07) is 7.43. The van der Waals surface area contributed by atoms with Crippen molar-refractivity contribution < 1.29 is 14.3 Å². The van der Waals surface area contributed by atoms with E-state index >= 15 is 0 Å². The van der Waals surface area contributed by atoms with E-state index in [2.05, 4.69) is 15.2 Å². The average molecular weight is 388 g/mol. The third kappa shape index (κ3) is 4.70. The highest BCUT2D eigenvalue weighted by molar-refractivity contribution is 7.13. The second kappa shape index (κ2) is 8.58. The van der Waals surface area contributed by atoms with Crippen LogP contribution in [0.5, 0.6) is 5.75 Å². The predicted octanol–water partition coefficient (Wildman–Crippen LogP) is 3.06. The zero-order valence-electron chi connectivity index (χ0n) is 15.2. The predicted molar refractivity (Wildman–Crippen MR) is 106 cm³/mol. The number of ether oxygens (including phenoxy) is 2. The fourth-order valence-corrected chi connectivity index (χ4v) is 3.97. The molecule has 0 spiro atoms. The van der Waals surface area contributed by atoms with Gasteiger partial charge in [0, 0.05) is 50.1 Å². The summed E-state index contributed by atoms with van der Waals surface area (Å²) in [6.45, 7) is 4.39. The zero-order valence-corrected chi connectivity index (χ0v) is 16.0. The number of nitrogens with zero attached hydrogens (tertiary/aromatic N) is 3. The molecule has 2 aliphatic rings. The molecule has 1 N–H and O–H groups in total. The van der Waals surface area contributed by atoms with Crippen molar-refractivity contribution in [3.05, 3.63) is 35.8 Å². The van der Waals surface area contributed by atoms with Gasteiger partial charge in [-0.15, -0.1) is 11.3 Å². The topological polar surface area (TPSA) is 66.9 Å². The summed E-state index contributed by atoms with van der Waals surface area (Å²) in [6.07, 6.45) is 4.18. The molecule has 2 saturated heterocycles. The van der Waals surface area contributed by atoms with Crippen molar-refractivity contribution in [2.75, 3.05) is 49.6 Å². The Hall–Kier alpha value is -2.32. The number of urea groups is 1. The Morgan fingerprint density at radius 3 is 2.74 bits per heavy atom. The Bertz CT molecular complexity index is 724. The minimum Gasteiger partial charge on any atom is -0.491 e. The normalized spacial score (nSPS) is 19.9. The van der Waals surface area contributed by atoms with E-state index in [1.54, 1.807) is 11.3 Å². The molecule has 3 heterocycles. The van der Waals surface area contributed by atoms with E-state index in [9.17, 15) is 4.79 Å². The number of amides is 2. The summed E-state index contributed by atoms with van der Waals surface area (Å²) in [5, 5.41) is 5.96. The lowest BCUT2D eigenvalue weighted by molar-refractivity contribution is 0.0679. The first-order valence-corrected chi connectivity index (χ1v) is 10.2. The molecule has 0 saturated carbocycles. The molecular weight excluding hydrogens is 364 g/mol.